The van der Waals surface area contributed by atoms with Crippen LogP contribution in [0.1, 0.15) is 46.7 Å². The summed E-state index contributed by atoms with van der Waals surface area (Å²) in [5.74, 6) is -0.367. The molecule has 27 heavy (non-hydrogen) atoms. The highest BCUT2D eigenvalue weighted by Gasteiger charge is 2.13. The number of H-pyrrole nitrogens is 1. The second-order valence-corrected chi connectivity index (χ2v) is 7.26. The molecule has 0 aliphatic heterocycles. The lowest BCUT2D eigenvalue weighted by Crippen LogP contribution is -2.32. The summed E-state index contributed by atoms with van der Waals surface area (Å²) in [5.41, 5.74) is 2.60. The first-order valence-corrected chi connectivity index (χ1v) is 9.72. The van der Waals surface area contributed by atoms with Crippen LogP contribution in [0.25, 0.3) is 10.6 Å². The minimum absolute atomic E-state index is 0.106. The first kappa shape index (κ1) is 18.8. The van der Waals surface area contributed by atoms with E-state index in [1.165, 1.54) is 0 Å². The third-order valence-corrected chi connectivity index (χ3v) is 5.13. The van der Waals surface area contributed by atoms with Gasteiger partial charge < -0.3 is 10.6 Å². The summed E-state index contributed by atoms with van der Waals surface area (Å²) in [6, 6.07) is 13.0. The molecule has 0 fully saturated rings. The lowest BCUT2D eigenvalue weighted by molar-refractivity contribution is 0.0935. The summed E-state index contributed by atoms with van der Waals surface area (Å²) in [6.07, 6.45) is 0.874. The zero-order valence-electron chi connectivity index (χ0n) is 15.3. The monoisotopic (exact) mass is 382 g/mol. The van der Waals surface area contributed by atoms with Crippen LogP contribution in [0, 0.1) is 0 Å². The maximum atomic E-state index is 12.3. The van der Waals surface area contributed by atoms with Gasteiger partial charge in [-0.25, -0.2) is 0 Å². The maximum Gasteiger partial charge on any atom is 0.272 e. The number of aromatic amines is 1. The van der Waals surface area contributed by atoms with Crippen LogP contribution in [0.4, 0.5) is 0 Å². The molecule has 3 aromatic rings. The number of benzene rings is 1. The first-order valence-electron chi connectivity index (χ1n) is 8.84. The van der Waals surface area contributed by atoms with Crippen molar-refractivity contribution >= 4 is 23.2 Å². The van der Waals surface area contributed by atoms with Crippen molar-refractivity contribution in [3.63, 3.8) is 0 Å². The summed E-state index contributed by atoms with van der Waals surface area (Å²) in [7, 11) is 0. The fourth-order valence-electron chi connectivity index (χ4n) is 2.50. The van der Waals surface area contributed by atoms with E-state index in [9.17, 15) is 9.59 Å². The Kier molecular flexibility index (Phi) is 6.03. The van der Waals surface area contributed by atoms with Crippen LogP contribution in [-0.2, 0) is 6.54 Å². The van der Waals surface area contributed by atoms with E-state index in [1.807, 2.05) is 43.5 Å². The molecule has 0 aliphatic rings. The lowest BCUT2D eigenvalue weighted by atomic mass is 10.1. The van der Waals surface area contributed by atoms with E-state index in [1.54, 1.807) is 29.5 Å². The van der Waals surface area contributed by atoms with E-state index in [4.69, 9.17) is 0 Å². The van der Waals surface area contributed by atoms with Gasteiger partial charge in [0.2, 0.25) is 0 Å². The summed E-state index contributed by atoms with van der Waals surface area (Å²) in [4.78, 5) is 25.6. The molecular weight excluding hydrogens is 360 g/mol. The Morgan fingerprint density at radius 1 is 1.19 bits per heavy atom. The van der Waals surface area contributed by atoms with Crippen LogP contribution in [0.5, 0.6) is 0 Å². The topological polar surface area (TPSA) is 86.9 Å². The number of hydrogen-bond acceptors (Lipinski definition) is 4. The van der Waals surface area contributed by atoms with Gasteiger partial charge in [-0.3, -0.25) is 14.7 Å². The van der Waals surface area contributed by atoms with Gasteiger partial charge in [-0.2, -0.15) is 5.10 Å². The van der Waals surface area contributed by atoms with Gasteiger partial charge >= 0.3 is 0 Å². The number of carbonyl (C=O) groups is 2. The average molecular weight is 382 g/mol. The van der Waals surface area contributed by atoms with E-state index in [-0.39, 0.29) is 17.9 Å². The number of nitrogens with one attached hydrogen (secondary N) is 3. The summed E-state index contributed by atoms with van der Waals surface area (Å²) >= 11 is 1.58. The first-order chi connectivity index (χ1) is 13.1. The van der Waals surface area contributed by atoms with Gasteiger partial charge in [-0.15, -0.1) is 11.3 Å². The standard InChI is InChI=1S/C20H22N4O2S/c1-3-13(2)22-19(25)15-7-4-6-14(10-15)12-21-20(26)17-11-16(23-24-17)18-8-5-9-27-18/h4-11,13H,3,12H2,1-2H3,(H,21,26)(H,22,25)(H,23,24). The fraction of sp³-hybridized carbons (Fsp3) is 0.250. The van der Waals surface area contributed by atoms with Crippen LogP contribution >= 0.6 is 11.3 Å². The molecule has 2 amide bonds. The van der Waals surface area contributed by atoms with Gasteiger partial charge in [0.25, 0.3) is 11.8 Å². The molecule has 6 nitrogen and oxygen atoms in total. The zero-order chi connectivity index (χ0) is 19.2. The molecule has 140 valence electrons. The molecule has 0 saturated heterocycles. The Bertz CT molecular complexity index is 918. The van der Waals surface area contributed by atoms with Gasteiger partial charge in [0, 0.05) is 18.2 Å². The van der Waals surface area contributed by atoms with Crippen LogP contribution in [0.2, 0.25) is 0 Å². The molecule has 3 rings (SSSR count). The Morgan fingerprint density at radius 2 is 2.04 bits per heavy atom. The van der Waals surface area contributed by atoms with Crippen molar-refractivity contribution < 1.29 is 9.59 Å². The largest absolute Gasteiger partial charge is 0.350 e. The number of rotatable bonds is 7. The van der Waals surface area contributed by atoms with Crippen molar-refractivity contribution in [1.29, 1.82) is 0 Å². The van der Waals surface area contributed by atoms with Crippen molar-refractivity contribution in [2.45, 2.75) is 32.9 Å². The van der Waals surface area contributed by atoms with Gasteiger partial charge in [-0.1, -0.05) is 25.1 Å². The molecule has 1 unspecified atom stereocenters. The van der Waals surface area contributed by atoms with E-state index in [0.717, 1.165) is 22.6 Å². The minimum atomic E-state index is -0.261. The van der Waals surface area contributed by atoms with Gasteiger partial charge in [-0.05, 0) is 48.6 Å². The highest BCUT2D eigenvalue weighted by Crippen LogP contribution is 2.22. The SMILES string of the molecule is CCC(C)NC(=O)c1cccc(CNC(=O)c2cc(-c3cccs3)[nH]n2)c1. The smallest absolute Gasteiger partial charge is 0.272 e. The quantitative estimate of drug-likeness (QED) is 0.583. The van der Waals surface area contributed by atoms with Crippen molar-refractivity contribution in [3.8, 4) is 10.6 Å². The van der Waals surface area contributed by atoms with Gasteiger partial charge in [0.05, 0.1) is 10.6 Å². The second kappa shape index (κ2) is 8.64. The third-order valence-electron chi connectivity index (χ3n) is 4.23. The molecule has 0 spiro atoms. The molecule has 0 aliphatic carbocycles. The summed E-state index contributed by atoms with van der Waals surface area (Å²) in [5, 5.41) is 14.7. The average Bonchev–Trinajstić information content (AvgIpc) is 3.37. The maximum absolute atomic E-state index is 12.3. The Labute approximate surface area is 162 Å². The van der Waals surface area contributed by atoms with Crippen molar-refractivity contribution in [1.82, 2.24) is 20.8 Å². The Hall–Kier alpha value is -2.93. The predicted molar refractivity (Wildman–Crippen MR) is 107 cm³/mol. The molecule has 3 N–H and O–H groups in total. The van der Waals surface area contributed by atoms with Crippen LogP contribution < -0.4 is 10.6 Å². The Morgan fingerprint density at radius 3 is 2.78 bits per heavy atom. The summed E-state index contributed by atoms with van der Waals surface area (Å²) < 4.78 is 0. The zero-order valence-corrected chi connectivity index (χ0v) is 16.1. The highest BCUT2D eigenvalue weighted by molar-refractivity contribution is 7.13. The number of amides is 2. The number of aromatic nitrogens is 2. The van der Waals surface area contributed by atoms with Gasteiger partial charge in [0.1, 0.15) is 0 Å². The normalized spacial score (nSPS) is 11.8. The molecule has 0 saturated carbocycles. The molecule has 1 atom stereocenters. The number of nitrogens with zero attached hydrogens (tertiary/aromatic N) is 1. The molecule has 2 heterocycles. The molecule has 0 bridgehead atoms. The van der Waals surface area contributed by atoms with E-state index < -0.39 is 0 Å². The van der Waals surface area contributed by atoms with Crippen LogP contribution in [-0.4, -0.2) is 28.1 Å². The van der Waals surface area contributed by atoms with Crippen molar-refractivity contribution in [3.05, 3.63) is 64.7 Å². The Balaban J connectivity index is 1.60. The number of hydrogen-bond donors (Lipinski definition) is 3. The third kappa shape index (κ3) is 4.83. The molecular formula is C20H22N4O2S. The summed E-state index contributed by atoms with van der Waals surface area (Å²) in [6.45, 7) is 4.32. The van der Waals surface area contributed by atoms with Gasteiger partial charge in [0.15, 0.2) is 5.69 Å². The molecule has 7 heteroatoms. The highest BCUT2D eigenvalue weighted by atomic mass is 32.1. The van der Waals surface area contributed by atoms with E-state index >= 15 is 0 Å². The predicted octanol–water partition coefficient (Wildman–Crippen LogP) is 3.60. The second-order valence-electron chi connectivity index (χ2n) is 6.31. The van der Waals surface area contributed by atoms with E-state index in [0.29, 0.717) is 17.8 Å². The molecule has 0 radical (unpaired) electrons. The van der Waals surface area contributed by atoms with Crippen LogP contribution in [0.15, 0.2) is 47.8 Å². The lowest BCUT2D eigenvalue weighted by Gasteiger charge is -2.12. The number of thiophene rings is 1. The number of carbonyl (C=O) groups excluding carboxylic acids is 2. The molecule has 2 aromatic heterocycles. The fourth-order valence-corrected chi connectivity index (χ4v) is 3.19. The van der Waals surface area contributed by atoms with E-state index in [2.05, 4.69) is 20.8 Å². The van der Waals surface area contributed by atoms with Crippen molar-refractivity contribution in [2.75, 3.05) is 0 Å². The van der Waals surface area contributed by atoms with Crippen molar-refractivity contribution in [2.24, 2.45) is 0 Å². The molecule has 1 aromatic carbocycles. The minimum Gasteiger partial charge on any atom is -0.350 e. The van der Waals surface area contributed by atoms with Crippen LogP contribution in [0.3, 0.4) is 0 Å².